The summed E-state index contributed by atoms with van der Waals surface area (Å²) in [5, 5.41) is 3.99. The lowest BCUT2D eigenvalue weighted by atomic mass is 10.1. The molecule has 0 saturated carbocycles. The predicted octanol–water partition coefficient (Wildman–Crippen LogP) is 4.78. The van der Waals surface area contributed by atoms with Gasteiger partial charge in [0.15, 0.2) is 0 Å². The molecule has 0 aliphatic rings. The quantitative estimate of drug-likeness (QED) is 0.318. The molecule has 1 N–H and O–H groups in total. The summed E-state index contributed by atoms with van der Waals surface area (Å²) >= 11 is 0. The van der Waals surface area contributed by atoms with Crippen LogP contribution in [0.1, 0.15) is 34.0 Å². The zero-order chi connectivity index (χ0) is 21.2. The van der Waals surface area contributed by atoms with Crippen molar-refractivity contribution in [1.29, 1.82) is 0 Å². The van der Waals surface area contributed by atoms with Gasteiger partial charge in [-0.3, -0.25) is 4.79 Å². The van der Waals surface area contributed by atoms with E-state index >= 15 is 0 Å². The molecule has 0 fully saturated rings. The SMILES string of the molecule is CCc1cc(C)cc(OCCOc2ccc(/C=N/NC(=O)c3ccccc3)cc2)c1. The number of nitrogens with one attached hydrogen (secondary N) is 1. The van der Waals surface area contributed by atoms with Crippen molar-refractivity contribution in [3.05, 3.63) is 95.1 Å². The van der Waals surface area contributed by atoms with Gasteiger partial charge in [0, 0.05) is 5.56 Å². The normalized spacial score (nSPS) is 10.7. The average Bonchev–Trinajstić information content (AvgIpc) is 2.78. The van der Waals surface area contributed by atoms with Crippen molar-refractivity contribution >= 4 is 12.1 Å². The minimum Gasteiger partial charge on any atom is -0.490 e. The third kappa shape index (κ3) is 6.48. The van der Waals surface area contributed by atoms with E-state index in [1.807, 2.05) is 48.5 Å². The number of nitrogens with zero attached hydrogens (tertiary/aromatic N) is 1. The second-order valence-electron chi connectivity index (χ2n) is 6.84. The maximum absolute atomic E-state index is 11.9. The Kier molecular flexibility index (Phi) is 7.61. The van der Waals surface area contributed by atoms with Gasteiger partial charge in [0.1, 0.15) is 24.7 Å². The molecule has 0 aliphatic carbocycles. The van der Waals surface area contributed by atoms with Crippen LogP contribution in [0, 0.1) is 6.92 Å². The summed E-state index contributed by atoms with van der Waals surface area (Å²) in [7, 11) is 0. The van der Waals surface area contributed by atoms with E-state index in [-0.39, 0.29) is 5.91 Å². The van der Waals surface area contributed by atoms with Gasteiger partial charge in [0.05, 0.1) is 6.21 Å². The topological polar surface area (TPSA) is 59.9 Å². The Hall–Kier alpha value is -3.60. The van der Waals surface area contributed by atoms with Crippen molar-refractivity contribution in [1.82, 2.24) is 5.43 Å². The molecule has 1 amide bonds. The molecular weight excluding hydrogens is 376 g/mol. The maximum Gasteiger partial charge on any atom is 0.271 e. The van der Waals surface area contributed by atoms with E-state index in [0.717, 1.165) is 23.5 Å². The van der Waals surface area contributed by atoms with E-state index in [4.69, 9.17) is 9.47 Å². The van der Waals surface area contributed by atoms with Gasteiger partial charge in [-0.25, -0.2) is 5.43 Å². The van der Waals surface area contributed by atoms with Crippen LogP contribution < -0.4 is 14.9 Å². The van der Waals surface area contributed by atoms with Gasteiger partial charge in [-0.05, 0) is 78.6 Å². The minimum atomic E-state index is -0.244. The summed E-state index contributed by atoms with van der Waals surface area (Å²) in [6.07, 6.45) is 2.58. The van der Waals surface area contributed by atoms with Gasteiger partial charge >= 0.3 is 0 Å². The highest BCUT2D eigenvalue weighted by atomic mass is 16.5. The Balaban J connectivity index is 1.42. The molecule has 3 aromatic rings. The van der Waals surface area contributed by atoms with Crippen LogP contribution >= 0.6 is 0 Å². The molecule has 30 heavy (non-hydrogen) atoms. The highest BCUT2D eigenvalue weighted by molar-refractivity contribution is 5.94. The summed E-state index contributed by atoms with van der Waals surface area (Å²) in [6, 6.07) is 22.7. The fraction of sp³-hybridized carbons (Fsp3) is 0.200. The fourth-order valence-corrected chi connectivity index (χ4v) is 2.90. The van der Waals surface area contributed by atoms with Gasteiger partial charge in [0.2, 0.25) is 0 Å². The van der Waals surface area contributed by atoms with Crippen LogP contribution in [0.5, 0.6) is 11.5 Å². The lowest BCUT2D eigenvalue weighted by Crippen LogP contribution is -2.17. The highest BCUT2D eigenvalue weighted by Gasteiger charge is 2.02. The minimum absolute atomic E-state index is 0.244. The number of amides is 1. The van der Waals surface area contributed by atoms with E-state index in [0.29, 0.717) is 18.8 Å². The maximum atomic E-state index is 11.9. The van der Waals surface area contributed by atoms with Crippen LogP contribution in [0.25, 0.3) is 0 Å². The molecule has 0 spiro atoms. The van der Waals surface area contributed by atoms with E-state index < -0.39 is 0 Å². The van der Waals surface area contributed by atoms with Gasteiger partial charge in [-0.15, -0.1) is 0 Å². The molecule has 0 atom stereocenters. The predicted molar refractivity (Wildman–Crippen MR) is 119 cm³/mol. The average molecular weight is 402 g/mol. The van der Waals surface area contributed by atoms with Crippen molar-refractivity contribution < 1.29 is 14.3 Å². The van der Waals surface area contributed by atoms with Gasteiger partial charge in [-0.2, -0.15) is 5.10 Å². The molecule has 3 aromatic carbocycles. The first-order chi connectivity index (χ1) is 14.6. The molecule has 0 unspecified atom stereocenters. The van der Waals surface area contributed by atoms with Crippen LogP contribution in [-0.4, -0.2) is 25.3 Å². The van der Waals surface area contributed by atoms with Gasteiger partial charge in [0.25, 0.3) is 5.91 Å². The van der Waals surface area contributed by atoms with Crippen molar-refractivity contribution in [3.8, 4) is 11.5 Å². The Morgan fingerprint density at radius 1 is 0.933 bits per heavy atom. The Morgan fingerprint density at radius 2 is 1.63 bits per heavy atom. The molecule has 0 radical (unpaired) electrons. The zero-order valence-electron chi connectivity index (χ0n) is 17.3. The first-order valence-corrected chi connectivity index (χ1v) is 9.98. The highest BCUT2D eigenvalue weighted by Crippen LogP contribution is 2.17. The molecular formula is C25H26N2O3. The third-order valence-corrected chi connectivity index (χ3v) is 4.44. The second kappa shape index (κ2) is 10.8. The smallest absolute Gasteiger partial charge is 0.271 e. The first-order valence-electron chi connectivity index (χ1n) is 9.98. The third-order valence-electron chi connectivity index (χ3n) is 4.44. The van der Waals surface area contributed by atoms with Crippen LogP contribution in [0.4, 0.5) is 0 Å². The molecule has 0 bridgehead atoms. The molecule has 0 aromatic heterocycles. The van der Waals surface area contributed by atoms with Crippen molar-refractivity contribution in [2.24, 2.45) is 5.10 Å². The summed E-state index contributed by atoms with van der Waals surface area (Å²) in [4.78, 5) is 11.9. The number of aryl methyl sites for hydroxylation is 2. The molecule has 154 valence electrons. The molecule has 0 aliphatic heterocycles. The lowest BCUT2D eigenvalue weighted by Gasteiger charge is -2.10. The molecule has 5 nitrogen and oxygen atoms in total. The number of benzene rings is 3. The molecule has 3 rings (SSSR count). The summed E-state index contributed by atoms with van der Waals surface area (Å²) in [5.74, 6) is 1.38. The van der Waals surface area contributed by atoms with E-state index in [2.05, 4.69) is 36.5 Å². The fourth-order valence-electron chi connectivity index (χ4n) is 2.90. The molecule has 5 heteroatoms. The summed E-state index contributed by atoms with van der Waals surface area (Å²) in [6.45, 7) is 5.13. The number of rotatable bonds is 9. The van der Waals surface area contributed by atoms with Crippen molar-refractivity contribution in [3.63, 3.8) is 0 Å². The lowest BCUT2D eigenvalue weighted by molar-refractivity contribution is 0.0955. The molecule has 0 saturated heterocycles. The van der Waals surface area contributed by atoms with Crippen LogP contribution in [0.2, 0.25) is 0 Å². The number of ether oxygens (including phenoxy) is 2. The number of carbonyl (C=O) groups is 1. The van der Waals surface area contributed by atoms with Crippen molar-refractivity contribution in [2.75, 3.05) is 13.2 Å². The van der Waals surface area contributed by atoms with Crippen LogP contribution in [0.3, 0.4) is 0 Å². The number of hydrazone groups is 1. The summed E-state index contributed by atoms with van der Waals surface area (Å²) < 4.78 is 11.5. The van der Waals surface area contributed by atoms with Crippen LogP contribution in [-0.2, 0) is 6.42 Å². The monoisotopic (exact) mass is 402 g/mol. The second-order valence-corrected chi connectivity index (χ2v) is 6.84. The Morgan fingerprint density at radius 3 is 2.33 bits per heavy atom. The largest absolute Gasteiger partial charge is 0.490 e. The molecule has 0 heterocycles. The standard InChI is InChI=1S/C25H26N2O3/c1-3-20-15-19(2)16-24(17-20)30-14-13-29-23-11-9-21(10-12-23)18-26-27-25(28)22-7-5-4-6-8-22/h4-12,15-18H,3,13-14H2,1-2H3,(H,27,28)/b26-18+. The Bertz CT molecular complexity index is 983. The van der Waals surface area contributed by atoms with Gasteiger partial charge < -0.3 is 9.47 Å². The van der Waals surface area contributed by atoms with Gasteiger partial charge in [-0.1, -0.05) is 31.2 Å². The van der Waals surface area contributed by atoms with E-state index in [1.54, 1.807) is 18.3 Å². The summed E-state index contributed by atoms with van der Waals surface area (Å²) in [5.41, 5.74) is 6.40. The van der Waals surface area contributed by atoms with Crippen LogP contribution in [0.15, 0.2) is 77.9 Å². The number of carbonyl (C=O) groups excluding carboxylic acids is 1. The van der Waals surface area contributed by atoms with E-state index in [1.165, 1.54) is 11.1 Å². The Labute approximate surface area is 177 Å². The number of hydrogen-bond acceptors (Lipinski definition) is 4. The van der Waals surface area contributed by atoms with Crippen molar-refractivity contribution in [2.45, 2.75) is 20.3 Å². The zero-order valence-corrected chi connectivity index (χ0v) is 17.3. The van der Waals surface area contributed by atoms with E-state index in [9.17, 15) is 4.79 Å². The first kappa shape index (κ1) is 21.1. The number of hydrogen-bond donors (Lipinski definition) is 1.